The molecule has 1 aliphatic heterocycles. The summed E-state index contributed by atoms with van der Waals surface area (Å²) in [5.74, 6) is 0.721. The van der Waals surface area contributed by atoms with Crippen molar-refractivity contribution >= 4 is 29.5 Å². The third-order valence-electron chi connectivity index (χ3n) is 6.40. The highest BCUT2D eigenvalue weighted by Crippen LogP contribution is 2.37. The van der Waals surface area contributed by atoms with Gasteiger partial charge in [-0.25, -0.2) is 4.99 Å². The van der Waals surface area contributed by atoms with Crippen LogP contribution < -0.4 is 21.9 Å². The molecule has 1 aromatic heterocycles. The number of halogens is 1. The molecule has 8 heteroatoms. The quantitative estimate of drug-likeness (QED) is 0.422. The van der Waals surface area contributed by atoms with Crippen LogP contribution in [0.5, 0.6) is 0 Å². The van der Waals surface area contributed by atoms with Crippen LogP contribution in [0.4, 0.5) is 5.69 Å². The normalized spacial score (nSPS) is 23.1. The molecule has 2 atom stereocenters. The molecule has 2 unspecified atom stereocenters. The summed E-state index contributed by atoms with van der Waals surface area (Å²) in [5.41, 5.74) is 4.90. The molecule has 2 heterocycles. The van der Waals surface area contributed by atoms with Crippen molar-refractivity contribution in [1.82, 2.24) is 9.88 Å². The van der Waals surface area contributed by atoms with Crippen LogP contribution >= 0.6 is 11.6 Å². The van der Waals surface area contributed by atoms with E-state index in [9.17, 15) is 9.59 Å². The molecule has 164 valence electrons. The molecule has 0 aromatic carbocycles. The zero-order valence-corrected chi connectivity index (χ0v) is 18.8. The summed E-state index contributed by atoms with van der Waals surface area (Å²) in [6.07, 6.45) is 10.5. The predicted molar refractivity (Wildman–Crippen MR) is 122 cm³/mol. The van der Waals surface area contributed by atoms with Crippen LogP contribution in [0.1, 0.15) is 76.2 Å². The number of amides is 1. The lowest BCUT2D eigenvalue weighted by Gasteiger charge is -2.35. The molecule has 0 bridgehead atoms. The van der Waals surface area contributed by atoms with Gasteiger partial charge in [0.1, 0.15) is 22.9 Å². The zero-order valence-electron chi connectivity index (χ0n) is 18.0. The van der Waals surface area contributed by atoms with Crippen molar-refractivity contribution in [3.63, 3.8) is 0 Å². The second-order valence-corrected chi connectivity index (χ2v) is 8.80. The van der Waals surface area contributed by atoms with E-state index in [4.69, 9.17) is 17.3 Å². The van der Waals surface area contributed by atoms with Gasteiger partial charge in [-0.2, -0.15) is 0 Å². The molecule has 30 heavy (non-hydrogen) atoms. The second-order valence-electron chi connectivity index (χ2n) is 8.39. The molecular formula is C22H32ClN5O2. The maximum absolute atomic E-state index is 13.5. The summed E-state index contributed by atoms with van der Waals surface area (Å²) in [6, 6.07) is 1.51. The highest BCUT2D eigenvalue weighted by molar-refractivity contribution is 6.34. The van der Waals surface area contributed by atoms with Gasteiger partial charge in [-0.1, -0.05) is 44.7 Å². The van der Waals surface area contributed by atoms with Gasteiger partial charge in [0, 0.05) is 5.92 Å². The van der Waals surface area contributed by atoms with Gasteiger partial charge < -0.3 is 16.4 Å². The van der Waals surface area contributed by atoms with Crippen LogP contribution in [-0.4, -0.2) is 16.8 Å². The summed E-state index contributed by atoms with van der Waals surface area (Å²) in [6.45, 7) is 6.07. The summed E-state index contributed by atoms with van der Waals surface area (Å²) in [5, 5.41) is 6.38. The van der Waals surface area contributed by atoms with E-state index >= 15 is 0 Å². The molecule has 1 amide bonds. The maximum Gasteiger partial charge on any atom is 0.276 e. The summed E-state index contributed by atoms with van der Waals surface area (Å²) < 4.78 is 1.53. The van der Waals surface area contributed by atoms with E-state index in [0.717, 1.165) is 32.1 Å². The highest BCUT2D eigenvalue weighted by atomic mass is 35.5. The Balaban J connectivity index is 2.07. The van der Waals surface area contributed by atoms with Gasteiger partial charge in [-0.05, 0) is 50.7 Å². The van der Waals surface area contributed by atoms with Crippen molar-refractivity contribution in [3.8, 4) is 0 Å². The fourth-order valence-corrected chi connectivity index (χ4v) is 5.15. The van der Waals surface area contributed by atoms with Crippen LogP contribution in [0, 0.1) is 11.8 Å². The number of anilines is 1. The average Bonchev–Trinajstić information content (AvgIpc) is 3.30. The third-order valence-corrected chi connectivity index (χ3v) is 6.68. The van der Waals surface area contributed by atoms with E-state index in [0.29, 0.717) is 11.7 Å². The number of rotatable bonds is 8. The van der Waals surface area contributed by atoms with Crippen molar-refractivity contribution in [2.45, 2.75) is 71.4 Å². The standard InChI is InChI=1S/C22H32ClN5O2/c1-4-8-15(5-2)22(3)27-20(29)19-16(23)12-17(21(30)28(19)22)26-18(25-13-24)11-14-9-6-7-10-14/h11-15,26H,4-10H2,1-3H3,(H2,24,25)(H,27,29)/b18-11+. The Morgan fingerprint density at radius 3 is 2.73 bits per heavy atom. The van der Waals surface area contributed by atoms with Crippen molar-refractivity contribution in [3.05, 3.63) is 39.0 Å². The number of fused-ring (bicyclic) bond motifs is 1. The minimum Gasteiger partial charge on any atom is -0.390 e. The number of carbonyl (C=O) groups is 1. The van der Waals surface area contributed by atoms with Crippen LogP contribution in [-0.2, 0) is 5.66 Å². The molecule has 1 aromatic rings. The lowest BCUT2D eigenvalue weighted by molar-refractivity contribution is 0.0855. The lowest BCUT2D eigenvalue weighted by Crippen LogP contribution is -2.50. The number of pyridine rings is 1. The maximum atomic E-state index is 13.5. The number of nitrogens with two attached hydrogens (primary N) is 1. The highest BCUT2D eigenvalue weighted by Gasteiger charge is 2.46. The van der Waals surface area contributed by atoms with Crippen molar-refractivity contribution in [2.75, 3.05) is 5.32 Å². The lowest BCUT2D eigenvalue weighted by atomic mass is 9.87. The smallest absolute Gasteiger partial charge is 0.276 e. The Kier molecular flexibility index (Phi) is 6.91. The van der Waals surface area contributed by atoms with Crippen molar-refractivity contribution in [2.24, 2.45) is 22.6 Å². The molecule has 7 nitrogen and oxygen atoms in total. The number of aliphatic imine (C=N–C) groups is 1. The van der Waals surface area contributed by atoms with Crippen LogP contribution in [0.15, 0.2) is 27.8 Å². The largest absolute Gasteiger partial charge is 0.390 e. The van der Waals surface area contributed by atoms with Gasteiger partial charge in [0.15, 0.2) is 0 Å². The first-order chi connectivity index (χ1) is 14.3. The van der Waals surface area contributed by atoms with Crippen LogP contribution in [0.3, 0.4) is 0 Å². The van der Waals surface area contributed by atoms with Crippen LogP contribution in [0.25, 0.3) is 0 Å². The van der Waals surface area contributed by atoms with Crippen molar-refractivity contribution in [1.29, 1.82) is 0 Å². The van der Waals surface area contributed by atoms with Crippen molar-refractivity contribution < 1.29 is 4.79 Å². The molecular weight excluding hydrogens is 402 g/mol. The predicted octanol–water partition coefficient (Wildman–Crippen LogP) is 4.17. The Hall–Kier alpha value is -2.28. The van der Waals surface area contributed by atoms with E-state index in [1.807, 2.05) is 13.0 Å². The Morgan fingerprint density at radius 1 is 1.43 bits per heavy atom. The zero-order chi connectivity index (χ0) is 21.9. The summed E-state index contributed by atoms with van der Waals surface area (Å²) >= 11 is 6.48. The van der Waals surface area contributed by atoms with Gasteiger partial charge in [0.2, 0.25) is 0 Å². The summed E-state index contributed by atoms with van der Waals surface area (Å²) in [7, 11) is 0. The Morgan fingerprint density at radius 2 is 2.13 bits per heavy atom. The fraction of sp³-hybridized carbons (Fsp3) is 0.591. The number of nitrogens with one attached hydrogen (secondary N) is 2. The molecule has 3 rings (SSSR count). The average molecular weight is 434 g/mol. The molecule has 0 spiro atoms. The molecule has 1 saturated carbocycles. The molecule has 1 aliphatic carbocycles. The number of hydrogen-bond donors (Lipinski definition) is 3. The molecule has 4 N–H and O–H groups in total. The fourth-order valence-electron chi connectivity index (χ4n) is 4.87. The molecule has 1 fully saturated rings. The molecule has 0 radical (unpaired) electrons. The minimum absolute atomic E-state index is 0.104. The molecule has 0 saturated heterocycles. The Labute approximate surface area is 182 Å². The van der Waals surface area contributed by atoms with Gasteiger partial charge in [-0.15, -0.1) is 0 Å². The van der Waals surface area contributed by atoms with E-state index in [2.05, 4.69) is 29.5 Å². The second kappa shape index (κ2) is 9.25. The first kappa shape index (κ1) is 22.4. The first-order valence-corrected chi connectivity index (χ1v) is 11.2. The van der Waals surface area contributed by atoms with E-state index in [1.54, 1.807) is 0 Å². The van der Waals surface area contributed by atoms with E-state index < -0.39 is 5.66 Å². The number of hydrogen-bond acceptors (Lipinski definition) is 4. The van der Waals surface area contributed by atoms with Gasteiger partial charge in [-0.3, -0.25) is 14.2 Å². The van der Waals surface area contributed by atoms with E-state index in [-0.39, 0.29) is 33.8 Å². The van der Waals surface area contributed by atoms with E-state index in [1.165, 1.54) is 29.8 Å². The topological polar surface area (TPSA) is 102 Å². The number of allylic oxidation sites excluding steroid dienone is 1. The van der Waals surface area contributed by atoms with Gasteiger partial charge in [0.25, 0.3) is 11.5 Å². The molecule has 2 aliphatic rings. The minimum atomic E-state index is -0.831. The Bertz CT molecular complexity index is 917. The van der Waals surface area contributed by atoms with Gasteiger partial charge >= 0.3 is 0 Å². The number of nitrogens with zero attached hydrogens (tertiary/aromatic N) is 2. The number of aromatic nitrogens is 1. The van der Waals surface area contributed by atoms with Gasteiger partial charge in [0.05, 0.1) is 11.4 Å². The van der Waals surface area contributed by atoms with Crippen LogP contribution in [0.2, 0.25) is 5.02 Å². The SMILES string of the molecule is CCCC(CC)C1(C)NC(=O)c2c(Cl)cc(NC(=C/C3CCCC3)/N=C\N)c(=O)n21. The monoisotopic (exact) mass is 433 g/mol. The third kappa shape index (κ3) is 4.13. The first-order valence-electron chi connectivity index (χ1n) is 10.9. The number of carbonyl (C=O) groups excluding carboxylic acids is 1. The summed E-state index contributed by atoms with van der Waals surface area (Å²) in [4.78, 5) is 30.4.